The van der Waals surface area contributed by atoms with Crippen molar-refractivity contribution in [3.63, 3.8) is 0 Å². The number of methoxy groups -OCH3 is 1. The van der Waals surface area contributed by atoms with Gasteiger partial charge in [-0.1, -0.05) is 5.21 Å². The zero-order valence-electron chi connectivity index (χ0n) is 10.7. The number of hydrogen-bond donors (Lipinski definition) is 1. The molecule has 0 amide bonds. The number of nitrogens with one attached hydrogen (secondary N) is 1. The van der Waals surface area contributed by atoms with E-state index in [0.717, 1.165) is 17.9 Å². The van der Waals surface area contributed by atoms with Crippen LogP contribution in [0.5, 0.6) is 0 Å². The molecular weight excluding hydrogens is 232 g/mol. The van der Waals surface area contributed by atoms with E-state index in [1.54, 1.807) is 13.4 Å². The number of aromatic nitrogens is 5. The summed E-state index contributed by atoms with van der Waals surface area (Å²) in [6.07, 6.45) is 5.55. The van der Waals surface area contributed by atoms with Crippen molar-refractivity contribution in [2.45, 2.75) is 13.1 Å². The predicted molar refractivity (Wildman–Crippen MR) is 65.9 cm³/mol. The summed E-state index contributed by atoms with van der Waals surface area (Å²) in [7, 11) is 3.65. The first-order valence-corrected chi connectivity index (χ1v) is 5.83. The molecule has 0 bridgehead atoms. The highest BCUT2D eigenvalue weighted by Crippen LogP contribution is 2.00. The molecule has 0 aliphatic rings. The van der Waals surface area contributed by atoms with Crippen LogP contribution >= 0.6 is 0 Å². The quantitative estimate of drug-likeness (QED) is 0.689. The first-order chi connectivity index (χ1) is 8.79. The average molecular weight is 250 g/mol. The molecule has 0 aliphatic carbocycles. The van der Waals surface area contributed by atoms with Gasteiger partial charge >= 0.3 is 0 Å². The zero-order valence-corrected chi connectivity index (χ0v) is 10.7. The fourth-order valence-electron chi connectivity index (χ4n) is 1.59. The SMILES string of the molecule is COCCNCc1cn(Cc2cncn2C)nn1. The lowest BCUT2D eigenvalue weighted by atomic mass is 10.4. The summed E-state index contributed by atoms with van der Waals surface area (Å²) in [6.45, 7) is 2.89. The van der Waals surface area contributed by atoms with Gasteiger partial charge < -0.3 is 14.6 Å². The van der Waals surface area contributed by atoms with E-state index in [4.69, 9.17) is 4.74 Å². The van der Waals surface area contributed by atoms with Gasteiger partial charge in [0.05, 0.1) is 43.3 Å². The molecule has 0 unspecified atom stereocenters. The van der Waals surface area contributed by atoms with Gasteiger partial charge in [-0.25, -0.2) is 9.67 Å². The second kappa shape index (κ2) is 6.27. The Bertz CT molecular complexity index is 477. The molecular formula is C11H18N6O. The minimum Gasteiger partial charge on any atom is -0.383 e. The second-order valence-corrected chi connectivity index (χ2v) is 4.07. The molecule has 2 aromatic heterocycles. The van der Waals surface area contributed by atoms with Gasteiger partial charge in [-0.3, -0.25) is 0 Å². The molecule has 2 heterocycles. The Morgan fingerprint density at radius 2 is 2.33 bits per heavy atom. The summed E-state index contributed by atoms with van der Waals surface area (Å²) in [6, 6.07) is 0. The van der Waals surface area contributed by atoms with Crippen LogP contribution in [-0.2, 0) is 24.9 Å². The molecule has 0 atom stereocenters. The molecule has 18 heavy (non-hydrogen) atoms. The van der Waals surface area contributed by atoms with Crippen LogP contribution < -0.4 is 5.32 Å². The zero-order chi connectivity index (χ0) is 12.8. The third-order valence-corrected chi connectivity index (χ3v) is 2.62. The van der Waals surface area contributed by atoms with Crippen LogP contribution in [0.1, 0.15) is 11.4 Å². The highest BCUT2D eigenvalue weighted by Gasteiger charge is 2.03. The maximum Gasteiger partial charge on any atom is 0.0965 e. The Labute approximate surface area is 106 Å². The summed E-state index contributed by atoms with van der Waals surface area (Å²) in [5.74, 6) is 0. The van der Waals surface area contributed by atoms with E-state index >= 15 is 0 Å². The summed E-state index contributed by atoms with van der Waals surface area (Å²) >= 11 is 0. The molecule has 2 aromatic rings. The van der Waals surface area contributed by atoms with Crippen LogP contribution in [0, 0.1) is 0 Å². The summed E-state index contributed by atoms with van der Waals surface area (Å²) in [4.78, 5) is 4.07. The smallest absolute Gasteiger partial charge is 0.0965 e. The van der Waals surface area contributed by atoms with E-state index in [9.17, 15) is 0 Å². The fraction of sp³-hybridized carbons (Fsp3) is 0.545. The van der Waals surface area contributed by atoms with E-state index in [1.165, 1.54) is 0 Å². The highest BCUT2D eigenvalue weighted by molar-refractivity contribution is 5.00. The molecule has 0 aromatic carbocycles. The molecule has 0 spiro atoms. The lowest BCUT2D eigenvalue weighted by Crippen LogP contribution is -2.18. The number of nitrogens with zero attached hydrogens (tertiary/aromatic N) is 5. The maximum atomic E-state index is 4.95. The lowest BCUT2D eigenvalue weighted by molar-refractivity contribution is 0.199. The monoisotopic (exact) mass is 250 g/mol. The van der Waals surface area contributed by atoms with Crippen molar-refractivity contribution in [3.8, 4) is 0 Å². The van der Waals surface area contributed by atoms with Gasteiger partial charge in [0.2, 0.25) is 0 Å². The molecule has 98 valence electrons. The van der Waals surface area contributed by atoms with E-state index in [-0.39, 0.29) is 0 Å². The maximum absolute atomic E-state index is 4.95. The molecule has 1 N–H and O–H groups in total. The minimum absolute atomic E-state index is 0.682. The molecule has 0 radical (unpaired) electrons. The van der Waals surface area contributed by atoms with Gasteiger partial charge in [0, 0.05) is 27.2 Å². The fourth-order valence-corrected chi connectivity index (χ4v) is 1.59. The van der Waals surface area contributed by atoms with Gasteiger partial charge in [-0.2, -0.15) is 0 Å². The largest absolute Gasteiger partial charge is 0.383 e. The van der Waals surface area contributed by atoms with Crippen LogP contribution in [-0.4, -0.2) is 44.8 Å². The Hall–Kier alpha value is -1.73. The predicted octanol–water partition coefficient (Wildman–Crippen LogP) is -0.204. The van der Waals surface area contributed by atoms with Gasteiger partial charge in [0.25, 0.3) is 0 Å². The van der Waals surface area contributed by atoms with Crippen LogP contribution in [0.2, 0.25) is 0 Å². The van der Waals surface area contributed by atoms with Crippen LogP contribution in [0.25, 0.3) is 0 Å². The van der Waals surface area contributed by atoms with E-state index < -0.39 is 0 Å². The number of ether oxygens (including phenoxy) is 1. The van der Waals surface area contributed by atoms with Crippen molar-refractivity contribution >= 4 is 0 Å². The summed E-state index contributed by atoms with van der Waals surface area (Å²) < 4.78 is 8.74. The Kier molecular flexibility index (Phi) is 4.43. The van der Waals surface area contributed by atoms with Gasteiger partial charge in [0.1, 0.15) is 0 Å². The molecule has 2 rings (SSSR count). The van der Waals surface area contributed by atoms with E-state index in [2.05, 4.69) is 20.6 Å². The Morgan fingerprint density at radius 1 is 1.44 bits per heavy atom. The first-order valence-electron chi connectivity index (χ1n) is 5.83. The van der Waals surface area contributed by atoms with Crippen LogP contribution in [0.3, 0.4) is 0 Å². The molecule has 7 heteroatoms. The van der Waals surface area contributed by atoms with Gasteiger partial charge in [0.15, 0.2) is 0 Å². The Morgan fingerprint density at radius 3 is 3.06 bits per heavy atom. The minimum atomic E-state index is 0.682. The van der Waals surface area contributed by atoms with Gasteiger partial charge in [-0.15, -0.1) is 5.10 Å². The Balaban J connectivity index is 1.84. The first kappa shape index (κ1) is 12.7. The molecule has 0 fully saturated rings. The standard InChI is InChI=1S/C11H18N6O/c1-16-9-13-6-11(16)8-17-7-10(14-15-17)5-12-3-4-18-2/h6-7,9,12H,3-5,8H2,1-2H3. The molecule has 0 aliphatic heterocycles. The summed E-state index contributed by atoms with van der Waals surface area (Å²) in [5, 5.41) is 11.4. The number of rotatable bonds is 7. The van der Waals surface area contributed by atoms with Gasteiger partial charge in [-0.05, 0) is 0 Å². The van der Waals surface area contributed by atoms with Crippen LogP contribution in [0.4, 0.5) is 0 Å². The van der Waals surface area contributed by atoms with Crippen molar-refractivity contribution in [1.82, 2.24) is 29.9 Å². The normalized spacial score (nSPS) is 11.0. The number of aryl methyl sites for hydroxylation is 1. The van der Waals surface area contributed by atoms with Crippen molar-refractivity contribution in [2.24, 2.45) is 7.05 Å². The van der Waals surface area contributed by atoms with Crippen molar-refractivity contribution in [3.05, 3.63) is 30.1 Å². The highest BCUT2D eigenvalue weighted by atomic mass is 16.5. The topological polar surface area (TPSA) is 69.8 Å². The average Bonchev–Trinajstić information content (AvgIpc) is 2.96. The molecule has 0 saturated carbocycles. The second-order valence-electron chi connectivity index (χ2n) is 4.07. The lowest BCUT2D eigenvalue weighted by Gasteiger charge is -2.01. The number of imidazole rings is 1. The third-order valence-electron chi connectivity index (χ3n) is 2.62. The molecule has 7 nitrogen and oxygen atoms in total. The molecule has 0 saturated heterocycles. The van der Waals surface area contributed by atoms with Crippen molar-refractivity contribution < 1.29 is 4.74 Å². The van der Waals surface area contributed by atoms with Crippen molar-refractivity contribution in [2.75, 3.05) is 20.3 Å². The number of hydrogen-bond acceptors (Lipinski definition) is 5. The van der Waals surface area contributed by atoms with E-state index in [1.807, 2.05) is 28.7 Å². The van der Waals surface area contributed by atoms with Crippen molar-refractivity contribution in [1.29, 1.82) is 0 Å². The third kappa shape index (κ3) is 3.38. The van der Waals surface area contributed by atoms with Crippen LogP contribution in [0.15, 0.2) is 18.7 Å². The summed E-state index contributed by atoms with van der Waals surface area (Å²) in [5.41, 5.74) is 2.02. The van der Waals surface area contributed by atoms with E-state index in [0.29, 0.717) is 19.7 Å².